The Morgan fingerprint density at radius 2 is 1.88 bits per heavy atom. The molecule has 94 valence electrons. The molecule has 3 heteroatoms. The Morgan fingerprint density at radius 1 is 1.29 bits per heavy atom. The first kappa shape index (κ1) is 14.1. The lowest BCUT2D eigenvalue weighted by molar-refractivity contribution is -0.120. The second kappa shape index (κ2) is 6.10. The molecular formula is C14H21NOS. The fourth-order valence-electron chi connectivity index (χ4n) is 1.40. The van der Waals surface area contributed by atoms with Crippen LogP contribution in [0.3, 0.4) is 0 Å². The van der Waals surface area contributed by atoms with Crippen molar-refractivity contribution in [1.29, 1.82) is 0 Å². The van der Waals surface area contributed by atoms with Crippen LogP contribution in [0.5, 0.6) is 0 Å². The molecule has 2 nitrogen and oxygen atoms in total. The average molecular weight is 251 g/mol. The molecule has 0 saturated heterocycles. The Balaban J connectivity index is 2.43. The van der Waals surface area contributed by atoms with Gasteiger partial charge in [-0.3, -0.25) is 4.79 Å². The molecule has 1 N–H and O–H groups in total. The smallest absolute Gasteiger partial charge is 0.233 e. The van der Waals surface area contributed by atoms with Crippen molar-refractivity contribution in [3.63, 3.8) is 0 Å². The van der Waals surface area contributed by atoms with Crippen LogP contribution in [0.2, 0.25) is 0 Å². The molecule has 0 bridgehead atoms. The van der Waals surface area contributed by atoms with Gasteiger partial charge in [-0.1, -0.05) is 51.1 Å². The van der Waals surface area contributed by atoms with E-state index in [0.29, 0.717) is 13.0 Å². The summed E-state index contributed by atoms with van der Waals surface area (Å²) in [7, 11) is 0. The van der Waals surface area contributed by atoms with Crippen LogP contribution in [0, 0.1) is 5.41 Å². The molecule has 1 rings (SSSR count). The summed E-state index contributed by atoms with van der Waals surface area (Å²) in [5, 5.41) is 2.65. The maximum atomic E-state index is 11.8. The van der Waals surface area contributed by atoms with E-state index in [1.807, 2.05) is 30.3 Å². The fourth-order valence-corrected chi connectivity index (χ4v) is 1.70. The van der Waals surface area contributed by atoms with E-state index in [4.69, 9.17) is 0 Å². The van der Waals surface area contributed by atoms with Gasteiger partial charge in [0.05, 0.1) is 5.25 Å². The molecule has 0 aliphatic carbocycles. The molecule has 0 saturated carbocycles. The van der Waals surface area contributed by atoms with Crippen molar-refractivity contribution in [3.05, 3.63) is 35.9 Å². The lowest BCUT2D eigenvalue weighted by atomic mass is 9.97. The first-order valence-corrected chi connectivity index (χ1v) is 6.40. The zero-order chi connectivity index (χ0) is 12.9. The number of rotatable bonds is 4. The van der Waals surface area contributed by atoms with Crippen LogP contribution in [0.15, 0.2) is 30.3 Å². The Hall–Kier alpha value is -0.960. The minimum Gasteiger partial charge on any atom is -0.355 e. The summed E-state index contributed by atoms with van der Waals surface area (Å²) in [5.41, 5.74) is 1.24. The van der Waals surface area contributed by atoms with Gasteiger partial charge in [-0.15, -0.1) is 0 Å². The number of benzene rings is 1. The van der Waals surface area contributed by atoms with Crippen LogP contribution in [-0.2, 0) is 11.2 Å². The van der Waals surface area contributed by atoms with Crippen molar-refractivity contribution < 1.29 is 4.79 Å². The molecule has 0 aliphatic rings. The number of nitrogens with one attached hydrogen (secondary N) is 1. The zero-order valence-electron chi connectivity index (χ0n) is 10.7. The van der Waals surface area contributed by atoms with Crippen LogP contribution in [0.1, 0.15) is 26.3 Å². The minimum atomic E-state index is -0.278. The molecular weight excluding hydrogens is 230 g/mol. The minimum absolute atomic E-state index is 0.00658. The van der Waals surface area contributed by atoms with Crippen LogP contribution in [0.4, 0.5) is 0 Å². The van der Waals surface area contributed by atoms with E-state index in [2.05, 4.69) is 38.7 Å². The summed E-state index contributed by atoms with van der Waals surface area (Å²) in [5.74, 6) is 0.00658. The van der Waals surface area contributed by atoms with Crippen LogP contribution < -0.4 is 5.32 Å². The van der Waals surface area contributed by atoms with Gasteiger partial charge in [0.25, 0.3) is 0 Å². The lowest BCUT2D eigenvalue weighted by Gasteiger charge is -2.20. The normalized spacial score (nSPS) is 13.2. The highest BCUT2D eigenvalue weighted by atomic mass is 32.1. The lowest BCUT2D eigenvalue weighted by Crippen LogP contribution is -2.37. The molecule has 0 fully saturated rings. The molecule has 1 aromatic rings. The fraction of sp³-hybridized carbons (Fsp3) is 0.500. The SMILES string of the molecule is CC(C)(C)CNC(=O)C(S)Cc1ccccc1. The van der Waals surface area contributed by atoms with Gasteiger partial charge < -0.3 is 5.32 Å². The highest BCUT2D eigenvalue weighted by Crippen LogP contribution is 2.12. The van der Waals surface area contributed by atoms with Gasteiger partial charge in [0.2, 0.25) is 5.91 Å². The van der Waals surface area contributed by atoms with Gasteiger partial charge in [-0.25, -0.2) is 0 Å². The molecule has 1 aromatic carbocycles. The number of carbonyl (C=O) groups excluding carboxylic acids is 1. The average Bonchev–Trinajstić information content (AvgIpc) is 2.26. The Kier molecular flexibility index (Phi) is 5.06. The molecule has 1 atom stereocenters. The number of hydrogen-bond donors (Lipinski definition) is 2. The predicted molar refractivity (Wildman–Crippen MR) is 75.4 cm³/mol. The summed E-state index contributed by atoms with van der Waals surface area (Å²) in [4.78, 5) is 11.8. The van der Waals surface area contributed by atoms with Gasteiger partial charge in [0.1, 0.15) is 0 Å². The summed E-state index contributed by atoms with van der Waals surface area (Å²) in [6, 6.07) is 9.95. The maximum absolute atomic E-state index is 11.8. The van der Waals surface area contributed by atoms with E-state index in [1.165, 1.54) is 0 Å². The van der Waals surface area contributed by atoms with E-state index in [9.17, 15) is 4.79 Å². The van der Waals surface area contributed by atoms with Crippen molar-refractivity contribution in [2.24, 2.45) is 5.41 Å². The van der Waals surface area contributed by atoms with Crippen molar-refractivity contribution in [1.82, 2.24) is 5.32 Å². The van der Waals surface area contributed by atoms with Gasteiger partial charge in [0.15, 0.2) is 0 Å². The third-order valence-electron chi connectivity index (χ3n) is 2.37. The third kappa shape index (κ3) is 5.78. The quantitative estimate of drug-likeness (QED) is 0.792. The number of carbonyl (C=O) groups is 1. The molecule has 0 radical (unpaired) electrons. The van der Waals surface area contributed by atoms with E-state index in [-0.39, 0.29) is 16.6 Å². The number of thiol groups is 1. The largest absolute Gasteiger partial charge is 0.355 e. The molecule has 0 heterocycles. The maximum Gasteiger partial charge on any atom is 0.233 e. The van der Waals surface area contributed by atoms with Crippen molar-refractivity contribution in [2.45, 2.75) is 32.4 Å². The number of hydrogen-bond acceptors (Lipinski definition) is 2. The summed E-state index contributed by atoms with van der Waals surface area (Å²) in [6.07, 6.45) is 0.667. The molecule has 1 unspecified atom stereocenters. The Labute approximate surface area is 109 Å². The van der Waals surface area contributed by atoms with Crippen molar-refractivity contribution in [2.75, 3.05) is 6.54 Å². The monoisotopic (exact) mass is 251 g/mol. The van der Waals surface area contributed by atoms with Crippen LogP contribution >= 0.6 is 12.6 Å². The highest BCUT2D eigenvalue weighted by molar-refractivity contribution is 7.81. The first-order chi connectivity index (χ1) is 7.88. The van der Waals surface area contributed by atoms with E-state index in [0.717, 1.165) is 5.56 Å². The summed E-state index contributed by atoms with van der Waals surface area (Å²) < 4.78 is 0. The van der Waals surface area contributed by atoms with Crippen LogP contribution in [-0.4, -0.2) is 17.7 Å². The zero-order valence-corrected chi connectivity index (χ0v) is 11.6. The van der Waals surface area contributed by atoms with E-state index >= 15 is 0 Å². The standard InChI is InChI=1S/C14H21NOS/c1-14(2,3)10-15-13(16)12(17)9-11-7-5-4-6-8-11/h4-8,12,17H,9-10H2,1-3H3,(H,15,16). The van der Waals surface area contributed by atoms with E-state index in [1.54, 1.807) is 0 Å². The van der Waals surface area contributed by atoms with Gasteiger partial charge in [-0.2, -0.15) is 12.6 Å². The topological polar surface area (TPSA) is 29.1 Å². The summed E-state index contributed by atoms with van der Waals surface area (Å²) >= 11 is 4.35. The van der Waals surface area contributed by atoms with Crippen molar-refractivity contribution >= 4 is 18.5 Å². The molecule has 0 aliphatic heterocycles. The Bertz CT molecular complexity index is 356. The van der Waals surface area contributed by atoms with Crippen molar-refractivity contribution in [3.8, 4) is 0 Å². The Morgan fingerprint density at radius 3 is 2.41 bits per heavy atom. The van der Waals surface area contributed by atoms with E-state index < -0.39 is 0 Å². The van der Waals surface area contributed by atoms with Gasteiger partial charge >= 0.3 is 0 Å². The van der Waals surface area contributed by atoms with Gasteiger partial charge in [-0.05, 0) is 17.4 Å². The third-order valence-corrected chi connectivity index (χ3v) is 2.78. The number of amides is 1. The molecule has 0 aromatic heterocycles. The molecule has 0 spiro atoms. The van der Waals surface area contributed by atoms with Crippen LogP contribution in [0.25, 0.3) is 0 Å². The van der Waals surface area contributed by atoms with Gasteiger partial charge in [0, 0.05) is 6.54 Å². The first-order valence-electron chi connectivity index (χ1n) is 5.88. The molecule has 1 amide bonds. The second-order valence-electron chi connectivity index (χ2n) is 5.48. The summed E-state index contributed by atoms with van der Waals surface area (Å²) in [6.45, 7) is 6.96. The second-order valence-corrected chi connectivity index (χ2v) is 6.11. The highest BCUT2D eigenvalue weighted by Gasteiger charge is 2.17. The predicted octanol–water partition coefficient (Wildman–Crippen LogP) is 2.69. The molecule has 17 heavy (non-hydrogen) atoms.